The number of rotatable bonds is 4. The zero-order valence-corrected chi connectivity index (χ0v) is 8.67. The molecule has 1 aliphatic carbocycles. The van der Waals surface area contributed by atoms with Crippen LogP contribution >= 0.6 is 0 Å². The fraction of sp³-hybridized carbons (Fsp3) is 0.636. The van der Waals surface area contributed by atoms with Crippen molar-refractivity contribution in [1.82, 2.24) is 0 Å². The van der Waals surface area contributed by atoms with E-state index in [0.29, 0.717) is 0 Å². The number of hydrogen-bond donors (Lipinski definition) is 0. The van der Waals surface area contributed by atoms with Gasteiger partial charge in [-0.3, -0.25) is 0 Å². The van der Waals surface area contributed by atoms with Crippen LogP contribution in [0.1, 0.15) is 27.2 Å². The Kier molecular flexibility index (Phi) is 3.55. The van der Waals surface area contributed by atoms with E-state index in [9.17, 15) is 0 Å². The van der Waals surface area contributed by atoms with Gasteiger partial charge in [-0.1, -0.05) is 0 Å². The van der Waals surface area contributed by atoms with Crippen LogP contribution < -0.4 is 0 Å². The molecular formula is C11H18O2. The Morgan fingerprint density at radius 3 is 2.62 bits per heavy atom. The van der Waals surface area contributed by atoms with Crippen molar-refractivity contribution in [2.24, 2.45) is 0 Å². The van der Waals surface area contributed by atoms with Gasteiger partial charge in [-0.2, -0.15) is 0 Å². The Hall–Kier alpha value is -0.760. The van der Waals surface area contributed by atoms with E-state index in [1.807, 2.05) is 19.9 Å². The minimum absolute atomic E-state index is 0.130. The fourth-order valence-electron chi connectivity index (χ4n) is 1.41. The molecule has 1 aliphatic rings. The molecule has 0 aromatic carbocycles. The third-order valence-electron chi connectivity index (χ3n) is 2.09. The second-order valence-electron chi connectivity index (χ2n) is 3.32. The molecule has 0 aromatic rings. The van der Waals surface area contributed by atoms with Crippen LogP contribution in [-0.2, 0) is 9.47 Å². The van der Waals surface area contributed by atoms with Crippen LogP contribution in [0, 0.1) is 0 Å². The van der Waals surface area contributed by atoms with Crippen LogP contribution in [0.15, 0.2) is 24.0 Å². The van der Waals surface area contributed by atoms with Gasteiger partial charge < -0.3 is 9.47 Å². The van der Waals surface area contributed by atoms with Crippen molar-refractivity contribution in [3.63, 3.8) is 0 Å². The molecule has 0 fully saturated rings. The van der Waals surface area contributed by atoms with Crippen LogP contribution in [-0.4, -0.2) is 18.8 Å². The number of ether oxygens (including phenoxy) is 2. The summed E-state index contributed by atoms with van der Waals surface area (Å²) in [6.45, 7) is 7.57. The van der Waals surface area contributed by atoms with E-state index < -0.39 is 0 Å². The van der Waals surface area contributed by atoms with E-state index in [0.717, 1.165) is 25.4 Å². The lowest BCUT2D eigenvalue weighted by Gasteiger charge is -2.27. The second kappa shape index (κ2) is 4.47. The molecule has 0 N–H and O–H groups in total. The molecule has 0 saturated carbocycles. The summed E-state index contributed by atoms with van der Waals surface area (Å²) >= 11 is 0. The monoisotopic (exact) mass is 182 g/mol. The SMILES string of the molecule is CCOC1=CCC(C)(OCC)C=C1. The summed E-state index contributed by atoms with van der Waals surface area (Å²) in [6, 6.07) is 0. The van der Waals surface area contributed by atoms with E-state index >= 15 is 0 Å². The normalized spacial score (nSPS) is 27.2. The molecule has 0 spiro atoms. The van der Waals surface area contributed by atoms with E-state index in [4.69, 9.17) is 9.47 Å². The van der Waals surface area contributed by atoms with Gasteiger partial charge in [0.15, 0.2) is 0 Å². The molecule has 0 aromatic heterocycles. The summed E-state index contributed by atoms with van der Waals surface area (Å²) < 4.78 is 11.0. The summed E-state index contributed by atoms with van der Waals surface area (Å²) in [4.78, 5) is 0. The Bertz CT molecular complexity index is 218. The molecule has 0 heterocycles. The van der Waals surface area contributed by atoms with Crippen molar-refractivity contribution in [3.05, 3.63) is 24.0 Å². The van der Waals surface area contributed by atoms with Crippen molar-refractivity contribution in [2.75, 3.05) is 13.2 Å². The summed E-state index contributed by atoms with van der Waals surface area (Å²) in [7, 11) is 0. The van der Waals surface area contributed by atoms with E-state index in [2.05, 4.69) is 19.1 Å². The van der Waals surface area contributed by atoms with Gasteiger partial charge in [0.1, 0.15) is 5.76 Å². The van der Waals surface area contributed by atoms with Gasteiger partial charge in [0, 0.05) is 13.0 Å². The molecule has 0 bridgehead atoms. The Morgan fingerprint density at radius 2 is 2.15 bits per heavy atom. The molecule has 13 heavy (non-hydrogen) atoms. The maximum absolute atomic E-state index is 5.61. The lowest BCUT2D eigenvalue weighted by molar-refractivity contribution is 0.0135. The second-order valence-corrected chi connectivity index (χ2v) is 3.32. The van der Waals surface area contributed by atoms with Crippen LogP contribution in [0.5, 0.6) is 0 Å². The standard InChI is InChI=1S/C11H18O2/c1-4-12-10-6-8-11(3,9-7-10)13-5-2/h6-8H,4-5,9H2,1-3H3. The third kappa shape index (κ3) is 2.88. The molecule has 0 amide bonds. The maximum atomic E-state index is 5.61. The highest BCUT2D eigenvalue weighted by molar-refractivity contribution is 5.23. The molecule has 1 atom stereocenters. The largest absolute Gasteiger partial charge is 0.494 e. The van der Waals surface area contributed by atoms with Crippen molar-refractivity contribution >= 4 is 0 Å². The fourth-order valence-corrected chi connectivity index (χ4v) is 1.41. The molecule has 74 valence electrons. The first-order valence-corrected chi connectivity index (χ1v) is 4.86. The van der Waals surface area contributed by atoms with Crippen LogP contribution in [0.3, 0.4) is 0 Å². The molecule has 0 aliphatic heterocycles. The average Bonchev–Trinajstić information content (AvgIpc) is 2.10. The Morgan fingerprint density at radius 1 is 1.38 bits per heavy atom. The van der Waals surface area contributed by atoms with Crippen molar-refractivity contribution in [1.29, 1.82) is 0 Å². The van der Waals surface area contributed by atoms with Crippen molar-refractivity contribution in [2.45, 2.75) is 32.8 Å². The van der Waals surface area contributed by atoms with Gasteiger partial charge in [-0.05, 0) is 39.0 Å². The molecule has 1 rings (SSSR count). The number of hydrogen-bond acceptors (Lipinski definition) is 2. The average molecular weight is 182 g/mol. The van der Waals surface area contributed by atoms with Gasteiger partial charge in [-0.15, -0.1) is 0 Å². The van der Waals surface area contributed by atoms with Crippen LogP contribution in [0.25, 0.3) is 0 Å². The Labute approximate surface area is 80.2 Å². The van der Waals surface area contributed by atoms with Crippen molar-refractivity contribution in [3.8, 4) is 0 Å². The zero-order chi connectivity index (χ0) is 9.73. The van der Waals surface area contributed by atoms with Gasteiger partial charge in [0.25, 0.3) is 0 Å². The first kappa shape index (κ1) is 10.3. The lowest BCUT2D eigenvalue weighted by Crippen LogP contribution is -2.27. The maximum Gasteiger partial charge on any atom is 0.115 e. The minimum Gasteiger partial charge on any atom is -0.494 e. The lowest BCUT2D eigenvalue weighted by atomic mass is 9.97. The Balaban J connectivity index is 2.51. The van der Waals surface area contributed by atoms with Gasteiger partial charge in [-0.25, -0.2) is 0 Å². The van der Waals surface area contributed by atoms with Gasteiger partial charge in [0.05, 0.1) is 12.2 Å². The van der Waals surface area contributed by atoms with E-state index in [1.54, 1.807) is 0 Å². The quantitative estimate of drug-likeness (QED) is 0.665. The van der Waals surface area contributed by atoms with Gasteiger partial charge >= 0.3 is 0 Å². The first-order chi connectivity index (χ1) is 6.20. The molecule has 2 nitrogen and oxygen atoms in total. The first-order valence-electron chi connectivity index (χ1n) is 4.86. The number of allylic oxidation sites excluding steroid dienone is 1. The van der Waals surface area contributed by atoms with Crippen LogP contribution in [0.2, 0.25) is 0 Å². The zero-order valence-electron chi connectivity index (χ0n) is 8.67. The summed E-state index contributed by atoms with van der Waals surface area (Å²) in [5.41, 5.74) is -0.130. The highest BCUT2D eigenvalue weighted by Gasteiger charge is 2.22. The molecule has 0 saturated heterocycles. The highest BCUT2D eigenvalue weighted by atomic mass is 16.5. The topological polar surface area (TPSA) is 18.5 Å². The summed E-state index contributed by atoms with van der Waals surface area (Å²) in [6.07, 6.45) is 7.04. The summed E-state index contributed by atoms with van der Waals surface area (Å²) in [5.74, 6) is 0.958. The van der Waals surface area contributed by atoms with Gasteiger partial charge in [0.2, 0.25) is 0 Å². The van der Waals surface area contributed by atoms with Crippen LogP contribution in [0.4, 0.5) is 0 Å². The molecule has 2 heteroatoms. The third-order valence-corrected chi connectivity index (χ3v) is 2.09. The molecular weight excluding hydrogens is 164 g/mol. The highest BCUT2D eigenvalue weighted by Crippen LogP contribution is 2.24. The minimum atomic E-state index is -0.130. The smallest absolute Gasteiger partial charge is 0.115 e. The molecule has 1 unspecified atom stereocenters. The molecule has 0 radical (unpaired) electrons. The predicted molar refractivity (Wildman–Crippen MR) is 53.5 cm³/mol. The van der Waals surface area contributed by atoms with Crippen molar-refractivity contribution < 1.29 is 9.47 Å². The van der Waals surface area contributed by atoms with E-state index in [-0.39, 0.29) is 5.60 Å². The predicted octanol–water partition coefficient (Wildman–Crippen LogP) is 2.66. The van der Waals surface area contributed by atoms with E-state index in [1.165, 1.54) is 0 Å². The summed E-state index contributed by atoms with van der Waals surface area (Å²) in [5, 5.41) is 0.